The average Bonchev–Trinajstić information content (AvgIpc) is 2.68. The summed E-state index contributed by atoms with van der Waals surface area (Å²) in [6.45, 7) is 5.62. The molecule has 0 spiro atoms. The molecule has 6 heteroatoms. The Bertz CT molecular complexity index is 633. The summed E-state index contributed by atoms with van der Waals surface area (Å²) in [7, 11) is 0. The highest BCUT2D eigenvalue weighted by Crippen LogP contribution is 2.24. The number of aryl methyl sites for hydroxylation is 2. The van der Waals surface area contributed by atoms with Gasteiger partial charge >= 0.3 is 0 Å². The fourth-order valence-corrected chi connectivity index (χ4v) is 3.36. The van der Waals surface area contributed by atoms with Crippen LogP contribution in [0.25, 0.3) is 0 Å². The predicted octanol–water partition coefficient (Wildman–Crippen LogP) is 4.31. The predicted molar refractivity (Wildman–Crippen MR) is 83.7 cm³/mol. The first-order valence-corrected chi connectivity index (χ1v) is 7.67. The second kappa shape index (κ2) is 6.10. The molecule has 20 heavy (non-hydrogen) atoms. The minimum Gasteiger partial charge on any atom is -0.361 e. The molecule has 1 amide bonds. The molecule has 0 saturated carbocycles. The van der Waals surface area contributed by atoms with E-state index in [1.165, 1.54) is 0 Å². The van der Waals surface area contributed by atoms with Crippen molar-refractivity contribution in [2.45, 2.75) is 26.8 Å². The highest BCUT2D eigenvalue weighted by Gasteiger charge is 2.19. The van der Waals surface area contributed by atoms with Crippen LogP contribution in [0.1, 0.15) is 40.3 Å². The van der Waals surface area contributed by atoms with Gasteiger partial charge in [-0.25, -0.2) is 0 Å². The van der Waals surface area contributed by atoms with Gasteiger partial charge < -0.3 is 9.84 Å². The lowest BCUT2D eigenvalue weighted by molar-refractivity contribution is 0.0939. The van der Waals surface area contributed by atoms with Crippen molar-refractivity contribution in [1.29, 1.82) is 0 Å². The molecule has 2 rings (SSSR count). The van der Waals surface area contributed by atoms with Gasteiger partial charge in [0.05, 0.1) is 17.3 Å². The highest BCUT2D eigenvalue weighted by molar-refractivity contribution is 9.11. The third-order valence-electron chi connectivity index (χ3n) is 3.04. The molecule has 0 aliphatic heterocycles. The van der Waals surface area contributed by atoms with Gasteiger partial charge in [-0.1, -0.05) is 21.1 Å². The fraction of sp³-hybridized carbons (Fsp3) is 0.286. The zero-order valence-corrected chi connectivity index (χ0v) is 14.5. The molecule has 1 heterocycles. The van der Waals surface area contributed by atoms with Crippen molar-refractivity contribution in [3.63, 3.8) is 0 Å². The Morgan fingerprint density at radius 3 is 2.60 bits per heavy atom. The van der Waals surface area contributed by atoms with Crippen LogP contribution in [-0.2, 0) is 0 Å². The van der Waals surface area contributed by atoms with Crippen LogP contribution in [0.5, 0.6) is 0 Å². The average molecular weight is 402 g/mol. The quantitative estimate of drug-likeness (QED) is 0.833. The van der Waals surface area contributed by atoms with Crippen LogP contribution in [-0.4, -0.2) is 11.1 Å². The smallest absolute Gasteiger partial charge is 0.252 e. The fourth-order valence-electron chi connectivity index (χ4n) is 2.13. The molecule has 1 aromatic heterocycles. The number of benzene rings is 1. The Labute approximate surface area is 134 Å². The van der Waals surface area contributed by atoms with Crippen molar-refractivity contribution in [3.05, 3.63) is 49.7 Å². The van der Waals surface area contributed by atoms with Gasteiger partial charge in [0.15, 0.2) is 0 Å². The molecular weight excluding hydrogens is 388 g/mol. The van der Waals surface area contributed by atoms with Crippen LogP contribution in [0.3, 0.4) is 0 Å². The molecule has 1 N–H and O–H groups in total. The van der Waals surface area contributed by atoms with E-state index in [0.717, 1.165) is 26.0 Å². The first-order valence-electron chi connectivity index (χ1n) is 6.09. The molecule has 0 aliphatic rings. The Balaban J connectivity index is 2.19. The van der Waals surface area contributed by atoms with E-state index in [1.54, 1.807) is 6.07 Å². The summed E-state index contributed by atoms with van der Waals surface area (Å²) in [5, 5.41) is 6.86. The first-order chi connectivity index (χ1) is 9.40. The van der Waals surface area contributed by atoms with Gasteiger partial charge in [0.25, 0.3) is 5.91 Å². The van der Waals surface area contributed by atoms with E-state index in [9.17, 15) is 4.79 Å². The number of amides is 1. The van der Waals surface area contributed by atoms with Gasteiger partial charge in [-0.15, -0.1) is 0 Å². The lowest BCUT2D eigenvalue weighted by Crippen LogP contribution is -2.27. The highest BCUT2D eigenvalue weighted by atomic mass is 79.9. The second-order valence-electron chi connectivity index (χ2n) is 4.56. The Morgan fingerprint density at radius 2 is 2.05 bits per heavy atom. The van der Waals surface area contributed by atoms with Gasteiger partial charge in [0, 0.05) is 14.5 Å². The Kier molecular flexibility index (Phi) is 4.65. The summed E-state index contributed by atoms with van der Waals surface area (Å²) in [5.41, 5.74) is 2.31. The van der Waals surface area contributed by atoms with Gasteiger partial charge in [0.1, 0.15) is 5.76 Å². The molecule has 1 atom stereocenters. The normalized spacial score (nSPS) is 12.2. The third kappa shape index (κ3) is 3.12. The molecule has 0 fully saturated rings. The largest absolute Gasteiger partial charge is 0.361 e. The van der Waals surface area contributed by atoms with Crippen molar-refractivity contribution in [3.8, 4) is 0 Å². The van der Waals surface area contributed by atoms with Crippen LogP contribution in [0.15, 0.2) is 31.7 Å². The lowest BCUT2D eigenvalue weighted by atomic mass is 10.1. The van der Waals surface area contributed by atoms with E-state index in [-0.39, 0.29) is 11.9 Å². The minimum absolute atomic E-state index is 0.142. The van der Waals surface area contributed by atoms with Crippen molar-refractivity contribution >= 4 is 37.8 Å². The molecule has 0 radical (unpaired) electrons. The molecule has 0 aliphatic carbocycles. The van der Waals surface area contributed by atoms with Gasteiger partial charge in [0.2, 0.25) is 0 Å². The molecule has 1 unspecified atom stereocenters. The number of aromatic nitrogens is 1. The number of nitrogens with zero attached hydrogens (tertiary/aromatic N) is 1. The van der Waals surface area contributed by atoms with E-state index in [4.69, 9.17) is 4.52 Å². The summed E-state index contributed by atoms with van der Waals surface area (Å²) in [4.78, 5) is 12.3. The molecule has 0 saturated heterocycles. The lowest BCUT2D eigenvalue weighted by Gasteiger charge is -2.14. The molecule has 106 valence electrons. The molecule has 4 nitrogen and oxygen atoms in total. The maximum Gasteiger partial charge on any atom is 0.252 e. The van der Waals surface area contributed by atoms with Crippen LogP contribution in [0.4, 0.5) is 0 Å². The third-order valence-corrected chi connectivity index (χ3v) is 4.19. The van der Waals surface area contributed by atoms with Crippen LogP contribution >= 0.6 is 31.9 Å². The molecule has 0 bridgehead atoms. The number of nitrogens with one attached hydrogen (secondary N) is 1. The maximum atomic E-state index is 12.3. The minimum atomic E-state index is -0.163. The Morgan fingerprint density at radius 1 is 1.35 bits per heavy atom. The summed E-state index contributed by atoms with van der Waals surface area (Å²) < 4.78 is 6.79. The van der Waals surface area contributed by atoms with E-state index in [1.807, 2.05) is 32.9 Å². The van der Waals surface area contributed by atoms with Gasteiger partial charge in [-0.05, 0) is 54.9 Å². The monoisotopic (exact) mass is 400 g/mol. The molecule has 2 aromatic rings. The van der Waals surface area contributed by atoms with E-state index >= 15 is 0 Å². The zero-order valence-electron chi connectivity index (χ0n) is 11.3. The summed E-state index contributed by atoms with van der Waals surface area (Å²) in [6, 6.07) is 5.28. The van der Waals surface area contributed by atoms with E-state index < -0.39 is 0 Å². The number of rotatable bonds is 3. The molecular formula is C14H14Br2N2O2. The number of hydrogen-bond acceptors (Lipinski definition) is 3. The summed E-state index contributed by atoms with van der Waals surface area (Å²) in [5.74, 6) is 0.585. The standard InChI is InChI=1S/C14H14Br2N2O2/c1-7(13-8(2)18-20-9(13)3)17-14(19)11-5-4-10(15)6-12(11)16/h4-7H,1-3H3,(H,17,19). The van der Waals surface area contributed by atoms with Gasteiger partial charge in [-0.3, -0.25) is 4.79 Å². The topological polar surface area (TPSA) is 55.1 Å². The number of carbonyl (C=O) groups excluding carboxylic acids is 1. The number of halogens is 2. The molecule has 1 aromatic carbocycles. The van der Waals surface area contributed by atoms with Crippen molar-refractivity contribution in [2.24, 2.45) is 0 Å². The summed E-state index contributed by atoms with van der Waals surface area (Å²) >= 11 is 6.76. The SMILES string of the molecule is Cc1noc(C)c1C(C)NC(=O)c1ccc(Br)cc1Br. The van der Waals surface area contributed by atoms with Crippen molar-refractivity contribution in [1.82, 2.24) is 10.5 Å². The van der Waals surface area contributed by atoms with Crippen molar-refractivity contribution in [2.75, 3.05) is 0 Å². The van der Waals surface area contributed by atoms with E-state index in [0.29, 0.717) is 5.56 Å². The maximum absolute atomic E-state index is 12.3. The van der Waals surface area contributed by atoms with Crippen LogP contribution in [0, 0.1) is 13.8 Å². The van der Waals surface area contributed by atoms with Crippen LogP contribution in [0.2, 0.25) is 0 Å². The number of hydrogen-bond donors (Lipinski definition) is 1. The van der Waals surface area contributed by atoms with Crippen molar-refractivity contribution < 1.29 is 9.32 Å². The van der Waals surface area contributed by atoms with E-state index in [2.05, 4.69) is 42.3 Å². The first kappa shape index (κ1) is 15.3. The zero-order chi connectivity index (χ0) is 14.9. The van der Waals surface area contributed by atoms with Crippen LogP contribution < -0.4 is 5.32 Å². The Hall–Kier alpha value is -1.14. The number of carbonyl (C=O) groups is 1. The van der Waals surface area contributed by atoms with Gasteiger partial charge in [-0.2, -0.15) is 0 Å². The summed E-state index contributed by atoms with van der Waals surface area (Å²) in [6.07, 6.45) is 0. The second-order valence-corrected chi connectivity index (χ2v) is 6.33.